The number of nitrogens with zero attached hydrogens (tertiary/aromatic N) is 1. The van der Waals surface area contributed by atoms with Crippen LogP contribution in [-0.2, 0) is 6.42 Å². The summed E-state index contributed by atoms with van der Waals surface area (Å²) in [5, 5.41) is 0.605. The minimum atomic E-state index is -0.198. The zero-order valence-corrected chi connectivity index (χ0v) is 8.82. The summed E-state index contributed by atoms with van der Waals surface area (Å²) in [6, 6.07) is 5.27. The molecule has 2 aromatic rings. The Morgan fingerprint density at radius 3 is 3.00 bits per heavy atom. The van der Waals surface area contributed by atoms with Gasteiger partial charge in [0, 0.05) is 6.20 Å². The van der Waals surface area contributed by atoms with Crippen LogP contribution in [0, 0.1) is 0 Å². The Hall–Kier alpha value is -1.32. The van der Waals surface area contributed by atoms with E-state index in [1.165, 1.54) is 0 Å². The molecule has 0 radical (unpaired) electrons. The molecule has 1 atom stereocenters. The molecular formula is C11H11ClN2O. The highest BCUT2D eigenvalue weighted by Crippen LogP contribution is 2.21. The van der Waals surface area contributed by atoms with Crippen LogP contribution in [0.4, 0.5) is 0 Å². The molecular weight excluding hydrogens is 212 g/mol. The number of hydrogen-bond acceptors (Lipinski definition) is 3. The molecule has 4 heteroatoms. The van der Waals surface area contributed by atoms with Gasteiger partial charge in [0.15, 0.2) is 0 Å². The first kappa shape index (κ1) is 10.2. The van der Waals surface area contributed by atoms with Crippen molar-refractivity contribution >= 4 is 11.6 Å². The molecule has 0 aliphatic carbocycles. The molecule has 0 fully saturated rings. The minimum Gasteiger partial charge on any atom is -0.472 e. The minimum absolute atomic E-state index is 0.198. The molecule has 0 aliphatic rings. The Balaban J connectivity index is 2.15. The van der Waals surface area contributed by atoms with Crippen LogP contribution >= 0.6 is 11.6 Å². The molecule has 0 saturated heterocycles. The highest BCUT2D eigenvalue weighted by Gasteiger charge is 2.12. The Labute approximate surface area is 92.9 Å². The Morgan fingerprint density at radius 2 is 2.33 bits per heavy atom. The van der Waals surface area contributed by atoms with Gasteiger partial charge in [0.1, 0.15) is 0 Å². The van der Waals surface area contributed by atoms with Crippen molar-refractivity contribution in [2.24, 2.45) is 5.73 Å². The molecule has 0 aromatic carbocycles. The number of pyridine rings is 1. The number of hydrogen-bond donors (Lipinski definition) is 1. The lowest BCUT2D eigenvalue weighted by atomic mass is 10.1. The number of furan rings is 1. The average Bonchev–Trinajstić information content (AvgIpc) is 2.71. The van der Waals surface area contributed by atoms with Crippen molar-refractivity contribution in [3.63, 3.8) is 0 Å². The molecule has 0 spiro atoms. The van der Waals surface area contributed by atoms with E-state index in [-0.39, 0.29) is 6.04 Å². The lowest BCUT2D eigenvalue weighted by Crippen LogP contribution is -2.15. The van der Waals surface area contributed by atoms with E-state index >= 15 is 0 Å². The van der Waals surface area contributed by atoms with Crippen LogP contribution in [0.15, 0.2) is 41.3 Å². The summed E-state index contributed by atoms with van der Waals surface area (Å²) < 4.78 is 4.97. The Kier molecular flexibility index (Phi) is 3.04. The lowest BCUT2D eigenvalue weighted by Gasteiger charge is -2.10. The van der Waals surface area contributed by atoms with Gasteiger partial charge < -0.3 is 10.2 Å². The largest absolute Gasteiger partial charge is 0.472 e. The Bertz CT molecular complexity index is 428. The maximum atomic E-state index is 6.00. The fourth-order valence-electron chi connectivity index (χ4n) is 1.43. The molecule has 78 valence electrons. The van der Waals surface area contributed by atoms with E-state index in [0.29, 0.717) is 11.4 Å². The summed E-state index contributed by atoms with van der Waals surface area (Å²) in [7, 11) is 0. The third-order valence-corrected chi connectivity index (χ3v) is 2.49. The van der Waals surface area contributed by atoms with E-state index in [1.807, 2.05) is 6.07 Å². The SMILES string of the molecule is NC(Cc1ccoc1)c1ncccc1Cl. The molecule has 0 aliphatic heterocycles. The highest BCUT2D eigenvalue weighted by molar-refractivity contribution is 6.31. The van der Waals surface area contributed by atoms with Crippen molar-refractivity contribution in [1.29, 1.82) is 0 Å². The molecule has 0 bridgehead atoms. The molecule has 3 nitrogen and oxygen atoms in total. The summed E-state index contributed by atoms with van der Waals surface area (Å²) in [4.78, 5) is 4.17. The van der Waals surface area contributed by atoms with Gasteiger partial charge in [-0.05, 0) is 30.2 Å². The number of aromatic nitrogens is 1. The second-order valence-corrected chi connectivity index (χ2v) is 3.72. The first-order chi connectivity index (χ1) is 7.27. The first-order valence-electron chi connectivity index (χ1n) is 4.64. The van der Waals surface area contributed by atoms with Crippen LogP contribution in [0.1, 0.15) is 17.3 Å². The Morgan fingerprint density at radius 1 is 1.47 bits per heavy atom. The van der Waals surface area contributed by atoms with Crippen LogP contribution < -0.4 is 5.73 Å². The van der Waals surface area contributed by atoms with Crippen LogP contribution in [0.25, 0.3) is 0 Å². The normalized spacial score (nSPS) is 12.7. The van der Waals surface area contributed by atoms with Gasteiger partial charge in [-0.1, -0.05) is 11.6 Å². The molecule has 15 heavy (non-hydrogen) atoms. The first-order valence-corrected chi connectivity index (χ1v) is 5.02. The fourth-order valence-corrected chi connectivity index (χ4v) is 1.69. The van der Waals surface area contributed by atoms with Gasteiger partial charge >= 0.3 is 0 Å². The van der Waals surface area contributed by atoms with Gasteiger partial charge in [-0.15, -0.1) is 0 Å². The highest BCUT2D eigenvalue weighted by atomic mass is 35.5. The third kappa shape index (κ3) is 2.37. The second kappa shape index (κ2) is 4.47. The van der Waals surface area contributed by atoms with E-state index in [9.17, 15) is 0 Å². The smallest absolute Gasteiger partial charge is 0.0935 e. The maximum absolute atomic E-state index is 6.00. The predicted octanol–water partition coefficient (Wildman–Crippen LogP) is 2.57. The summed E-state index contributed by atoms with van der Waals surface area (Å²) >= 11 is 5.99. The monoisotopic (exact) mass is 222 g/mol. The standard InChI is InChI=1S/C11H11ClN2O/c12-9-2-1-4-14-11(9)10(13)6-8-3-5-15-7-8/h1-5,7,10H,6,13H2. The van der Waals surface area contributed by atoms with Gasteiger partial charge in [0.05, 0.1) is 29.3 Å². The van der Waals surface area contributed by atoms with Crippen molar-refractivity contribution in [3.8, 4) is 0 Å². The molecule has 2 N–H and O–H groups in total. The molecule has 0 saturated carbocycles. The van der Waals surface area contributed by atoms with E-state index in [0.717, 1.165) is 11.3 Å². The van der Waals surface area contributed by atoms with E-state index < -0.39 is 0 Å². The van der Waals surface area contributed by atoms with Gasteiger partial charge in [-0.2, -0.15) is 0 Å². The van der Waals surface area contributed by atoms with Crippen LogP contribution in [0.3, 0.4) is 0 Å². The number of rotatable bonds is 3. The van der Waals surface area contributed by atoms with E-state index in [4.69, 9.17) is 21.8 Å². The van der Waals surface area contributed by atoms with Crippen LogP contribution in [-0.4, -0.2) is 4.98 Å². The molecule has 2 heterocycles. The predicted molar refractivity (Wildman–Crippen MR) is 58.6 cm³/mol. The summed E-state index contributed by atoms with van der Waals surface area (Å²) in [6.45, 7) is 0. The maximum Gasteiger partial charge on any atom is 0.0935 e. The summed E-state index contributed by atoms with van der Waals surface area (Å²) in [5.41, 5.74) is 7.77. The van der Waals surface area contributed by atoms with Crippen LogP contribution in [0.5, 0.6) is 0 Å². The van der Waals surface area contributed by atoms with Crippen molar-refractivity contribution < 1.29 is 4.42 Å². The second-order valence-electron chi connectivity index (χ2n) is 3.31. The fraction of sp³-hybridized carbons (Fsp3) is 0.182. The number of nitrogens with two attached hydrogens (primary N) is 1. The van der Waals surface area contributed by atoms with Crippen molar-refractivity contribution in [2.45, 2.75) is 12.5 Å². The summed E-state index contributed by atoms with van der Waals surface area (Å²) in [6.07, 6.45) is 5.67. The van der Waals surface area contributed by atoms with E-state index in [1.54, 1.807) is 30.9 Å². The van der Waals surface area contributed by atoms with Gasteiger partial charge in [0.25, 0.3) is 0 Å². The van der Waals surface area contributed by atoms with Crippen molar-refractivity contribution in [2.75, 3.05) is 0 Å². The van der Waals surface area contributed by atoms with Crippen molar-refractivity contribution in [3.05, 3.63) is 53.2 Å². The lowest BCUT2D eigenvalue weighted by molar-refractivity contribution is 0.560. The zero-order chi connectivity index (χ0) is 10.7. The molecule has 2 aromatic heterocycles. The van der Waals surface area contributed by atoms with Crippen molar-refractivity contribution in [1.82, 2.24) is 4.98 Å². The molecule has 1 unspecified atom stereocenters. The van der Waals surface area contributed by atoms with Gasteiger partial charge in [-0.25, -0.2) is 0 Å². The topological polar surface area (TPSA) is 52.0 Å². The average molecular weight is 223 g/mol. The van der Waals surface area contributed by atoms with Gasteiger partial charge in [0.2, 0.25) is 0 Å². The number of halogens is 1. The van der Waals surface area contributed by atoms with E-state index in [2.05, 4.69) is 4.98 Å². The van der Waals surface area contributed by atoms with Crippen LogP contribution in [0.2, 0.25) is 5.02 Å². The third-order valence-electron chi connectivity index (χ3n) is 2.17. The zero-order valence-electron chi connectivity index (χ0n) is 8.06. The molecule has 2 rings (SSSR count). The molecule has 0 amide bonds. The quantitative estimate of drug-likeness (QED) is 0.869. The van der Waals surface area contributed by atoms with Gasteiger partial charge in [-0.3, -0.25) is 4.98 Å². The summed E-state index contributed by atoms with van der Waals surface area (Å²) in [5.74, 6) is 0.